The van der Waals surface area contributed by atoms with E-state index in [1.54, 1.807) is 0 Å². The molecular weight excluding hydrogens is 344 g/mol. The predicted molar refractivity (Wildman–Crippen MR) is 93.1 cm³/mol. The molecule has 0 radical (unpaired) electrons. The second-order valence-electron chi connectivity index (χ2n) is 6.26. The molecule has 7 nitrogen and oxygen atoms in total. The van der Waals surface area contributed by atoms with Crippen molar-refractivity contribution >= 4 is 29.4 Å². The fourth-order valence-electron chi connectivity index (χ4n) is 3.25. The summed E-state index contributed by atoms with van der Waals surface area (Å²) >= 11 is 6.11. The van der Waals surface area contributed by atoms with Crippen molar-refractivity contribution in [3.63, 3.8) is 0 Å². The van der Waals surface area contributed by atoms with Gasteiger partial charge >= 0.3 is 6.03 Å². The molecule has 1 unspecified atom stereocenters. The molecule has 0 saturated carbocycles. The smallest absolute Gasteiger partial charge is 0.325 e. The minimum atomic E-state index is -0.522. The summed E-state index contributed by atoms with van der Waals surface area (Å²) in [5, 5.41) is 5.91. The molecule has 0 aromatic heterocycles. The van der Waals surface area contributed by atoms with E-state index in [0.717, 1.165) is 36.4 Å². The minimum Gasteiger partial charge on any atom is -0.353 e. The van der Waals surface area contributed by atoms with Crippen LogP contribution in [0.5, 0.6) is 0 Å². The summed E-state index contributed by atoms with van der Waals surface area (Å²) in [5.74, 6) is -0.734. The number of halogens is 1. The van der Waals surface area contributed by atoms with Gasteiger partial charge in [0.1, 0.15) is 6.54 Å². The van der Waals surface area contributed by atoms with Gasteiger partial charge in [0, 0.05) is 11.6 Å². The highest BCUT2D eigenvalue weighted by Gasteiger charge is 2.30. The van der Waals surface area contributed by atoms with Gasteiger partial charge in [-0.15, -0.1) is 0 Å². The van der Waals surface area contributed by atoms with Crippen LogP contribution in [0.4, 0.5) is 4.79 Å². The van der Waals surface area contributed by atoms with E-state index < -0.39 is 6.03 Å². The maximum absolute atomic E-state index is 12.2. The number of hydrogen-bond donors (Lipinski definition) is 2. The molecule has 8 heteroatoms. The van der Waals surface area contributed by atoms with Gasteiger partial charge in [0.05, 0.1) is 12.6 Å². The van der Waals surface area contributed by atoms with E-state index in [0.29, 0.717) is 11.6 Å². The third-order valence-electron chi connectivity index (χ3n) is 4.55. The zero-order valence-electron chi connectivity index (χ0n) is 13.8. The second-order valence-corrected chi connectivity index (χ2v) is 6.69. The Labute approximate surface area is 151 Å². The molecule has 2 aliphatic rings. The molecule has 1 atom stereocenters. The Morgan fingerprint density at radius 2 is 2.04 bits per heavy atom. The van der Waals surface area contributed by atoms with Crippen molar-refractivity contribution in [2.24, 2.45) is 0 Å². The first-order chi connectivity index (χ1) is 12.0. The van der Waals surface area contributed by atoms with Crippen LogP contribution in [-0.4, -0.2) is 60.4 Å². The van der Waals surface area contributed by atoms with Crippen LogP contribution in [0.3, 0.4) is 0 Å². The zero-order chi connectivity index (χ0) is 17.8. The number of urea groups is 1. The lowest BCUT2D eigenvalue weighted by Gasteiger charge is -2.28. The number of amides is 4. The second kappa shape index (κ2) is 7.84. The number of nitrogens with zero attached hydrogens (tertiary/aromatic N) is 2. The maximum Gasteiger partial charge on any atom is 0.325 e. The number of imide groups is 1. The maximum atomic E-state index is 12.2. The van der Waals surface area contributed by atoms with Gasteiger partial charge in [-0.3, -0.25) is 19.4 Å². The number of nitrogens with one attached hydrogen (secondary N) is 2. The largest absolute Gasteiger partial charge is 0.353 e. The molecule has 2 saturated heterocycles. The van der Waals surface area contributed by atoms with Gasteiger partial charge in [-0.05, 0) is 43.6 Å². The first kappa shape index (κ1) is 17.7. The number of rotatable bonds is 6. The minimum absolute atomic E-state index is 0.0215. The van der Waals surface area contributed by atoms with Crippen molar-refractivity contribution < 1.29 is 14.4 Å². The van der Waals surface area contributed by atoms with Crippen LogP contribution in [0.2, 0.25) is 5.02 Å². The van der Waals surface area contributed by atoms with Crippen molar-refractivity contribution in [2.45, 2.75) is 18.9 Å². The summed E-state index contributed by atoms with van der Waals surface area (Å²) in [6, 6.07) is 7.13. The monoisotopic (exact) mass is 364 g/mol. The van der Waals surface area contributed by atoms with Crippen molar-refractivity contribution in [2.75, 3.05) is 32.7 Å². The van der Waals surface area contributed by atoms with E-state index >= 15 is 0 Å². The Kier molecular flexibility index (Phi) is 5.55. The van der Waals surface area contributed by atoms with Crippen molar-refractivity contribution in [3.8, 4) is 0 Å². The van der Waals surface area contributed by atoms with Crippen LogP contribution in [0.25, 0.3) is 0 Å². The lowest BCUT2D eigenvalue weighted by Crippen LogP contribution is -2.43. The van der Waals surface area contributed by atoms with E-state index in [1.807, 2.05) is 24.3 Å². The third-order valence-corrected chi connectivity index (χ3v) is 4.78. The van der Waals surface area contributed by atoms with Crippen molar-refractivity contribution in [1.82, 2.24) is 20.4 Å². The number of benzene rings is 1. The average molecular weight is 365 g/mol. The Balaban J connectivity index is 1.63. The van der Waals surface area contributed by atoms with Gasteiger partial charge in [-0.2, -0.15) is 0 Å². The van der Waals surface area contributed by atoms with Gasteiger partial charge < -0.3 is 10.6 Å². The summed E-state index contributed by atoms with van der Waals surface area (Å²) in [6.45, 7) is 2.04. The molecule has 2 fully saturated rings. The van der Waals surface area contributed by atoms with Crippen molar-refractivity contribution in [1.29, 1.82) is 0 Å². The molecule has 3 rings (SSSR count). The van der Waals surface area contributed by atoms with E-state index in [9.17, 15) is 14.4 Å². The Morgan fingerprint density at radius 3 is 2.68 bits per heavy atom. The molecule has 2 N–H and O–H groups in total. The standard InChI is InChI=1S/C17H21ClN4O3/c18-13-5-3-4-12(8-13)14(21-6-1-2-7-21)9-19-15(23)11-22-16(24)10-20-17(22)25/h3-5,8,14H,1-2,6-7,9-11H2,(H,19,23)(H,20,25). The highest BCUT2D eigenvalue weighted by Crippen LogP contribution is 2.26. The molecule has 4 amide bonds. The van der Waals surface area contributed by atoms with Gasteiger partial charge in [0.15, 0.2) is 0 Å². The molecule has 2 aliphatic heterocycles. The van der Waals surface area contributed by atoms with E-state index in [-0.39, 0.29) is 30.9 Å². The summed E-state index contributed by atoms with van der Waals surface area (Å²) in [6.07, 6.45) is 2.26. The quantitative estimate of drug-likeness (QED) is 0.742. The fourth-order valence-corrected chi connectivity index (χ4v) is 3.45. The molecule has 0 aliphatic carbocycles. The van der Waals surface area contributed by atoms with Crippen LogP contribution >= 0.6 is 11.6 Å². The molecule has 134 valence electrons. The van der Waals surface area contributed by atoms with E-state index in [1.165, 1.54) is 0 Å². The Bertz CT molecular complexity index is 660. The Hall–Kier alpha value is -2.12. The number of hydrogen-bond acceptors (Lipinski definition) is 4. The molecule has 0 spiro atoms. The lowest BCUT2D eigenvalue weighted by atomic mass is 10.1. The van der Waals surface area contributed by atoms with Gasteiger partial charge in [-0.1, -0.05) is 23.7 Å². The van der Waals surface area contributed by atoms with Crippen LogP contribution in [0, 0.1) is 0 Å². The van der Waals surface area contributed by atoms with Gasteiger partial charge in [0.25, 0.3) is 5.91 Å². The lowest BCUT2D eigenvalue weighted by molar-refractivity contribution is -0.130. The highest BCUT2D eigenvalue weighted by atomic mass is 35.5. The van der Waals surface area contributed by atoms with Crippen LogP contribution in [0.15, 0.2) is 24.3 Å². The first-order valence-corrected chi connectivity index (χ1v) is 8.77. The molecule has 25 heavy (non-hydrogen) atoms. The van der Waals surface area contributed by atoms with Gasteiger partial charge in [-0.25, -0.2) is 4.79 Å². The normalized spacial score (nSPS) is 19.2. The van der Waals surface area contributed by atoms with Crippen LogP contribution in [-0.2, 0) is 9.59 Å². The molecular formula is C17H21ClN4O3. The van der Waals surface area contributed by atoms with Crippen LogP contribution in [0.1, 0.15) is 24.4 Å². The zero-order valence-corrected chi connectivity index (χ0v) is 14.6. The number of carbonyl (C=O) groups is 3. The van der Waals surface area contributed by atoms with E-state index in [2.05, 4.69) is 15.5 Å². The fraction of sp³-hybridized carbons (Fsp3) is 0.471. The summed E-state index contributed by atoms with van der Waals surface area (Å²) in [4.78, 5) is 38.5. The summed E-state index contributed by atoms with van der Waals surface area (Å²) < 4.78 is 0. The molecule has 0 bridgehead atoms. The van der Waals surface area contributed by atoms with E-state index in [4.69, 9.17) is 11.6 Å². The topological polar surface area (TPSA) is 81.8 Å². The molecule has 2 heterocycles. The number of likely N-dealkylation sites (tertiary alicyclic amines) is 1. The van der Waals surface area contributed by atoms with Crippen LogP contribution < -0.4 is 10.6 Å². The number of carbonyl (C=O) groups excluding carboxylic acids is 3. The molecule has 1 aromatic carbocycles. The van der Waals surface area contributed by atoms with Crippen molar-refractivity contribution in [3.05, 3.63) is 34.9 Å². The van der Waals surface area contributed by atoms with Gasteiger partial charge in [0.2, 0.25) is 5.91 Å². The summed E-state index contributed by atoms with van der Waals surface area (Å²) in [5.41, 5.74) is 1.05. The molecule has 1 aromatic rings. The summed E-state index contributed by atoms with van der Waals surface area (Å²) in [7, 11) is 0. The predicted octanol–water partition coefficient (Wildman–Crippen LogP) is 1.14. The average Bonchev–Trinajstić information content (AvgIpc) is 3.21. The highest BCUT2D eigenvalue weighted by molar-refractivity contribution is 6.30. The SMILES string of the molecule is O=C(CN1C(=O)CNC1=O)NCC(c1cccc(Cl)c1)N1CCCC1. The first-order valence-electron chi connectivity index (χ1n) is 8.39. The third kappa shape index (κ3) is 4.29. The Morgan fingerprint density at radius 1 is 1.28 bits per heavy atom.